The topological polar surface area (TPSA) is 64.6 Å². The fourth-order valence-corrected chi connectivity index (χ4v) is 2.96. The van der Waals surface area contributed by atoms with E-state index in [1.54, 1.807) is 0 Å². The van der Waals surface area contributed by atoms with Gasteiger partial charge in [-0.25, -0.2) is 0 Å². The number of ether oxygens (including phenoxy) is 1. The molecule has 1 aromatic carbocycles. The molecule has 0 unspecified atom stereocenters. The molecule has 3 rings (SSSR count). The Bertz CT molecular complexity index is 596. The van der Waals surface area contributed by atoms with E-state index < -0.39 is 0 Å². The first-order valence-electron chi connectivity index (χ1n) is 8.58. The van der Waals surface area contributed by atoms with Gasteiger partial charge in [0.2, 0.25) is 0 Å². The van der Waals surface area contributed by atoms with Crippen molar-refractivity contribution >= 4 is 0 Å². The van der Waals surface area contributed by atoms with E-state index in [1.165, 1.54) is 0 Å². The molecule has 0 spiro atoms. The standard InChI is InChI=1S/C18H26N4O2/c23-11-8-22(7-6-21-9-12-24-13-10-21)15-17-14-18(20-19-17)16-4-2-1-3-5-16/h1-5,14,23H,6-13,15H2,(H,19,20). The molecule has 1 aliphatic heterocycles. The second-order valence-electron chi connectivity index (χ2n) is 6.10. The third kappa shape index (κ3) is 4.88. The molecule has 130 valence electrons. The van der Waals surface area contributed by atoms with Gasteiger partial charge >= 0.3 is 0 Å². The zero-order chi connectivity index (χ0) is 16.6. The number of hydrogen-bond acceptors (Lipinski definition) is 5. The second-order valence-corrected chi connectivity index (χ2v) is 6.10. The van der Waals surface area contributed by atoms with Crippen molar-refractivity contribution in [2.24, 2.45) is 0 Å². The Morgan fingerprint density at radius 3 is 2.71 bits per heavy atom. The predicted molar refractivity (Wildman–Crippen MR) is 93.6 cm³/mol. The van der Waals surface area contributed by atoms with Gasteiger partial charge in [-0.1, -0.05) is 30.3 Å². The Morgan fingerprint density at radius 2 is 1.96 bits per heavy atom. The Hall–Kier alpha value is -1.73. The van der Waals surface area contributed by atoms with Crippen molar-refractivity contribution in [2.45, 2.75) is 6.54 Å². The van der Waals surface area contributed by atoms with Crippen LogP contribution in [0.1, 0.15) is 5.69 Å². The Labute approximate surface area is 143 Å². The number of aromatic nitrogens is 2. The van der Waals surface area contributed by atoms with E-state index in [0.717, 1.165) is 62.9 Å². The van der Waals surface area contributed by atoms with Crippen molar-refractivity contribution in [2.75, 3.05) is 52.5 Å². The van der Waals surface area contributed by atoms with Crippen molar-refractivity contribution in [3.63, 3.8) is 0 Å². The summed E-state index contributed by atoms with van der Waals surface area (Å²) in [5, 5.41) is 16.9. The number of benzene rings is 1. The maximum Gasteiger partial charge on any atom is 0.0924 e. The number of hydrogen-bond donors (Lipinski definition) is 2. The minimum Gasteiger partial charge on any atom is -0.395 e. The van der Waals surface area contributed by atoms with Crippen LogP contribution in [-0.2, 0) is 11.3 Å². The molecule has 6 nitrogen and oxygen atoms in total. The molecule has 1 aromatic heterocycles. The molecule has 0 radical (unpaired) electrons. The van der Waals surface area contributed by atoms with Gasteiger partial charge in [-0.3, -0.25) is 14.9 Å². The van der Waals surface area contributed by atoms with Crippen LogP contribution in [0.2, 0.25) is 0 Å². The summed E-state index contributed by atoms with van der Waals surface area (Å²) in [6.07, 6.45) is 0. The monoisotopic (exact) mass is 330 g/mol. The van der Waals surface area contributed by atoms with Gasteiger partial charge in [0.25, 0.3) is 0 Å². The first-order chi connectivity index (χ1) is 11.8. The van der Waals surface area contributed by atoms with E-state index >= 15 is 0 Å². The number of nitrogens with one attached hydrogen (secondary N) is 1. The number of nitrogens with zero attached hydrogens (tertiary/aromatic N) is 3. The highest BCUT2D eigenvalue weighted by atomic mass is 16.5. The summed E-state index contributed by atoms with van der Waals surface area (Å²) in [5.41, 5.74) is 3.15. The molecule has 6 heteroatoms. The lowest BCUT2D eigenvalue weighted by Gasteiger charge is -2.29. The molecule has 2 aromatic rings. The fraction of sp³-hybridized carbons (Fsp3) is 0.500. The molecular formula is C18H26N4O2. The Morgan fingerprint density at radius 1 is 1.17 bits per heavy atom. The Balaban J connectivity index is 1.55. The summed E-state index contributed by atoms with van der Waals surface area (Å²) in [4.78, 5) is 4.67. The molecular weight excluding hydrogens is 304 g/mol. The zero-order valence-electron chi connectivity index (χ0n) is 14.0. The van der Waals surface area contributed by atoms with Crippen LogP contribution in [0.3, 0.4) is 0 Å². The second kappa shape index (κ2) is 8.94. The van der Waals surface area contributed by atoms with E-state index in [1.807, 2.05) is 18.2 Å². The highest BCUT2D eigenvalue weighted by Crippen LogP contribution is 2.17. The van der Waals surface area contributed by atoms with E-state index in [0.29, 0.717) is 6.54 Å². The molecule has 2 heterocycles. The Kier molecular flexibility index (Phi) is 6.37. The molecule has 0 atom stereocenters. The van der Waals surface area contributed by atoms with Crippen LogP contribution in [0.25, 0.3) is 11.3 Å². The van der Waals surface area contributed by atoms with Gasteiger partial charge < -0.3 is 9.84 Å². The van der Waals surface area contributed by atoms with E-state index in [2.05, 4.69) is 38.2 Å². The van der Waals surface area contributed by atoms with Crippen LogP contribution in [0.5, 0.6) is 0 Å². The minimum atomic E-state index is 0.169. The van der Waals surface area contributed by atoms with Crippen LogP contribution in [-0.4, -0.2) is 77.6 Å². The smallest absolute Gasteiger partial charge is 0.0924 e. The number of H-pyrrole nitrogens is 1. The maximum absolute atomic E-state index is 9.33. The maximum atomic E-state index is 9.33. The van der Waals surface area contributed by atoms with E-state index in [-0.39, 0.29) is 6.61 Å². The molecule has 0 bridgehead atoms. The normalized spacial score (nSPS) is 15.9. The predicted octanol–water partition coefficient (Wildman–Crippen LogP) is 1.20. The van der Waals surface area contributed by atoms with Gasteiger partial charge in [0.1, 0.15) is 0 Å². The summed E-state index contributed by atoms with van der Waals surface area (Å²) in [6, 6.07) is 12.3. The summed E-state index contributed by atoms with van der Waals surface area (Å²) < 4.78 is 5.39. The SMILES string of the molecule is OCCN(CCN1CCOCC1)Cc1cc(-c2ccccc2)n[nH]1. The van der Waals surface area contributed by atoms with E-state index in [4.69, 9.17) is 4.74 Å². The highest BCUT2D eigenvalue weighted by molar-refractivity contribution is 5.58. The van der Waals surface area contributed by atoms with Crippen LogP contribution < -0.4 is 0 Å². The van der Waals surface area contributed by atoms with Crippen LogP contribution in [0, 0.1) is 0 Å². The third-order valence-corrected chi connectivity index (χ3v) is 4.35. The molecule has 24 heavy (non-hydrogen) atoms. The number of rotatable bonds is 8. The lowest BCUT2D eigenvalue weighted by molar-refractivity contribution is 0.0319. The number of aliphatic hydroxyl groups is 1. The molecule has 0 aliphatic carbocycles. The number of aromatic amines is 1. The van der Waals surface area contributed by atoms with Crippen LogP contribution in [0.15, 0.2) is 36.4 Å². The summed E-state index contributed by atoms with van der Waals surface area (Å²) in [5.74, 6) is 0. The number of aliphatic hydroxyl groups excluding tert-OH is 1. The molecule has 1 aliphatic rings. The fourth-order valence-electron chi connectivity index (χ4n) is 2.96. The first-order valence-corrected chi connectivity index (χ1v) is 8.58. The van der Waals surface area contributed by atoms with Crippen molar-refractivity contribution < 1.29 is 9.84 Å². The molecule has 2 N–H and O–H groups in total. The summed E-state index contributed by atoms with van der Waals surface area (Å²) in [6.45, 7) is 7.17. The van der Waals surface area contributed by atoms with Crippen molar-refractivity contribution in [1.29, 1.82) is 0 Å². The van der Waals surface area contributed by atoms with Crippen molar-refractivity contribution in [3.05, 3.63) is 42.1 Å². The van der Waals surface area contributed by atoms with Gasteiger partial charge in [0, 0.05) is 50.5 Å². The lowest BCUT2D eigenvalue weighted by atomic mass is 10.1. The highest BCUT2D eigenvalue weighted by Gasteiger charge is 2.13. The van der Waals surface area contributed by atoms with Crippen LogP contribution >= 0.6 is 0 Å². The van der Waals surface area contributed by atoms with Crippen molar-refractivity contribution in [3.8, 4) is 11.3 Å². The third-order valence-electron chi connectivity index (χ3n) is 4.35. The first kappa shape index (κ1) is 17.1. The van der Waals surface area contributed by atoms with Gasteiger partial charge in [-0.05, 0) is 6.07 Å². The lowest BCUT2D eigenvalue weighted by Crippen LogP contribution is -2.41. The molecule has 0 saturated carbocycles. The minimum absolute atomic E-state index is 0.169. The van der Waals surface area contributed by atoms with Crippen LogP contribution in [0.4, 0.5) is 0 Å². The van der Waals surface area contributed by atoms with Gasteiger partial charge in [0.15, 0.2) is 0 Å². The largest absolute Gasteiger partial charge is 0.395 e. The molecule has 1 saturated heterocycles. The van der Waals surface area contributed by atoms with Gasteiger partial charge in [0.05, 0.1) is 25.5 Å². The molecule has 0 amide bonds. The quantitative estimate of drug-likeness (QED) is 0.761. The molecule has 1 fully saturated rings. The number of morpholine rings is 1. The van der Waals surface area contributed by atoms with E-state index in [9.17, 15) is 5.11 Å². The summed E-state index contributed by atoms with van der Waals surface area (Å²) >= 11 is 0. The average molecular weight is 330 g/mol. The van der Waals surface area contributed by atoms with Gasteiger partial charge in [-0.15, -0.1) is 0 Å². The summed E-state index contributed by atoms with van der Waals surface area (Å²) in [7, 11) is 0. The zero-order valence-corrected chi connectivity index (χ0v) is 14.0. The van der Waals surface area contributed by atoms with Gasteiger partial charge in [-0.2, -0.15) is 5.10 Å². The van der Waals surface area contributed by atoms with Crippen molar-refractivity contribution in [1.82, 2.24) is 20.0 Å². The average Bonchev–Trinajstić information content (AvgIpc) is 3.10.